The molecule has 2 N–H and O–H groups in total. The first-order valence-electron chi connectivity index (χ1n) is 5.72. The second kappa shape index (κ2) is 6.08. The molecule has 5 nitrogen and oxygen atoms in total. The molecule has 1 fully saturated rings. The number of urea groups is 1. The molecule has 0 atom stereocenters. The monoisotopic (exact) mass is 438 g/mol. The Morgan fingerprint density at radius 1 is 1.47 bits per heavy atom. The first-order chi connectivity index (χ1) is 8.97. The van der Waals surface area contributed by atoms with Crippen LogP contribution in [0.25, 0.3) is 0 Å². The maximum absolute atomic E-state index is 12.1. The Hall–Kier alpha value is -0.830. The van der Waals surface area contributed by atoms with Gasteiger partial charge < -0.3 is 15.3 Å². The Morgan fingerprint density at radius 3 is 2.68 bits per heavy atom. The number of hydrogen-bond acceptors (Lipinski definition) is 2. The van der Waals surface area contributed by atoms with Crippen molar-refractivity contribution in [1.82, 2.24) is 4.90 Å². The molecule has 0 radical (unpaired) electrons. The number of carboxylic acids is 1. The van der Waals surface area contributed by atoms with Crippen LogP contribution < -0.4 is 5.32 Å². The van der Waals surface area contributed by atoms with E-state index in [1.807, 2.05) is 12.1 Å². The molecule has 0 bridgehead atoms. The predicted octanol–water partition coefficient (Wildman–Crippen LogP) is 3.13. The minimum Gasteiger partial charge on any atom is -0.480 e. The largest absolute Gasteiger partial charge is 0.480 e. The van der Waals surface area contributed by atoms with Crippen molar-refractivity contribution in [1.29, 1.82) is 0 Å². The highest BCUT2D eigenvalue weighted by molar-refractivity contribution is 14.1. The van der Waals surface area contributed by atoms with Gasteiger partial charge in [0.15, 0.2) is 0 Å². The molecule has 0 heterocycles. The highest BCUT2D eigenvalue weighted by Gasteiger charge is 2.34. The zero-order chi connectivity index (χ0) is 14.0. The standard InChI is InChI=1S/C12H12BrIN2O3/c13-9-5-7(14)1-4-10(9)15-12(19)16(6-11(17)18)8-2-3-8/h1,4-5,8H,2-3,6H2,(H,15,19)(H,17,18). The van der Waals surface area contributed by atoms with E-state index >= 15 is 0 Å². The second-order valence-electron chi connectivity index (χ2n) is 4.31. The van der Waals surface area contributed by atoms with Crippen LogP contribution in [0.4, 0.5) is 10.5 Å². The number of halogens is 2. The zero-order valence-electron chi connectivity index (χ0n) is 9.90. The van der Waals surface area contributed by atoms with E-state index in [9.17, 15) is 9.59 Å². The molecule has 1 saturated carbocycles. The molecule has 2 amide bonds. The average molecular weight is 439 g/mol. The highest BCUT2D eigenvalue weighted by Crippen LogP contribution is 2.29. The van der Waals surface area contributed by atoms with Crippen molar-refractivity contribution in [2.45, 2.75) is 18.9 Å². The molecule has 0 spiro atoms. The van der Waals surface area contributed by atoms with Crippen molar-refractivity contribution in [3.63, 3.8) is 0 Å². The maximum atomic E-state index is 12.1. The van der Waals surface area contributed by atoms with E-state index in [1.165, 1.54) is 4.90 Å². The molecular weight excluding hydrogens is 427 g/mol. The molecule has 0 aromatic heterocycles. The summed E-state index contributed by atoms with van der Waals surface area (Å²) >= 11 is 5.55. The molecule has 0 saturated heterocycles. The van der Waals surface area contributed by atoms with Crippen LogP contribution in [0.5, 0.6) is 0 Å². The summed E-state index contributed by atoms with van der Waals surface area (Å²) < 4.78 is 1.82. The molecule has 1 aliphatic carbocycles. The Labute approximate surface area is 132 Å². The quantitative estimate of drug-likeness (QED) is 0.709. The van der Waals surface area contributed by atoms with Crippen LogP contribution >= 0.6 is 38.5 Å². The normalized spacial score (nSPS) is 14.0. The average Bonchev–Trinajstić information content (AvgIpc) is 3.13. The fourth-order valence-electron chi connectivity index (χ4n) is 1.68. The van der Waals surface area contributed by atoms with Gasteiger partial charge in [-0.15, -0.1) is 0 Å². The molecule has 19 heavy (non-hydrogen) atoms. The molecule has 7 heteroatoms. The summed E-state index contributed by atoms with van der Waals surface area (Å²) in [6.07, 6.45) is 1.74. The molecule has 1 aromatic carbocycles. The Kier molecular flexibility index (Phi) is 4.67. The van der Waals surface area contributed by atoms with Crippen molar-refractivity contribution < 1.29 is 14.7 Å². The van der Waals surface area contributed by atoms with Crippen LogP contribution in [0.1, 0.15) is 12.8 Å². The van der Waals surface area contributed by atoms with Gasteiger partial charge in [0.2, 0.25) is 0 Å². The number of nitrogens with one attached hydrogen (secondary N) is 1. The fraction of sp³-hybridized carbons (Fsp3) is 0.333. The summed E-state index contributed by atoms with van der Waals surface area (Å²) in [5.74, 6) is -0.997. The van der Waals surface area contributed by atoms with E-state index < -0.39 is 5.97 Å². The summed E-state index contributed by atoms with van der Waals surface area (Å²) in [5, 5.41) is 11.6. The molecule has 1 aromatic rings. The maximum Gasteiger partial charge on any atom is 0.323 e. The highest BCUT2D eigenvalue weighted by atomic mass is 127. The lowest BCUT2D eigenvalue weighted by Gasteiger charge is -2.21. The summed E-state index contributed by atoms with van der Waals surface area (Å²) in [7, 11) is 0. The fourth-order valence-corrected chi connectivity index (χ4v) is 3.07. The van der Waals surface area contributed by atoms with Crippen LogP contribution in [0.2, 0.25) is 0 Å². The van der Waals surface area contributed by atoms with Gasteiger partial charge in [-0.2, -0.15) is 0 Å². The van der Waals surface area contributed by atoms with E-state index in [0.29, 0.717) is 5.69 Å². The van der Waals surface area contributed by atoms with Crippen LogP contribution in [0.15, 0.2) is 22.7 Å². The number of carbonyl (C=O) groups is 2. The lowest BCUT2D eigenvalue weighted by molar-refractivity contribution is -0.137. The zero-order valence-corrected chi connectivity index (χ0v) is 13.6. The molecule has 1 aliphatic rings. The number of carbonyl (C=O) groups excluding carboxylic acids is 1. The van der Waals surface area contributed by atoms with Crippen molar-refractivity contribution >= 4 is 56.2 Å². The smallest absolute Gasteiger partial charge is 0.323 e. The van der Waals surface area contributed by atoms with Crippen molar-refractivity contribution in [3.8, 4) is 0 Å². The minimum atomic E-state index is -0.997. The summed E-state index contributed by atoms with van der Waals surface area (Å²) in [4.78, 5) is 24.2. The van der Waals surface area contributed by atoms with Gasteiger partial charge in [-0.25, -0.2) is 4.79 Å². The minimum absolute atomic E-state index is 0.0544. The Bertz CT molecular complexity index is 520. The van der Waals surface area contributed by atoms with Gasteiger partial charge in [0, 0.05) is 14.1 Å². The van der Waals surface area contributed by atoms with Crippen LogP contribution in [-0.4, -0.2) is 34.6 Å². The van der Waals surface area contributed by atoms with Gasteiger partial charge in [0.25, 0.3) is 0 Å². The van der Waals surface area contributed by atoms with Gasteiger partial charge in [-0.1, -0.05) is 0 Å². The van der Waals surface area contributed by atoms with Crippen molar-refractivity contribution in [3.05, 3.63) is 26.2 Å². The summed E-state index contributed by atoms with van der Waals surface area (Å²) in [6.45, 7) is -0.265. The topological polar surface area (TPSA) is 69.6 Å². The van der Waals surface area contributed by atoms with Crippen molar-refractivity contribution in [2.24, 2.45) is 0 Å². The SMILES string of the molecule is O=C(O)CN(C(=O)Nc1ccc(I)cc1Br)C1CC1. The number of nitrogens with zero attached hydrogens (tertiary/aromatic N) is 1. The number of benzene rings is 1. The van der Waals surface area contributed by atoms with E-state index in [1.54, 1.807) is 6.07 Å². The number of rotatable bonds is 4. The third kappa shape index (κ3) is 4.07. The van der Waals surface area contributed by atoms with Crippen molar-refractivity contribution in [2.75, 3.05) is 11.9 Å². The van der Waals surface area contributed by atoms with E-state index in [2.05, 4.69) is 43.8 Å². The first-order valence-corrected chi connectivity index (χ1v) is 7.59. The molecule has 102 valence electrons. The number of amides is 2. The van der Waals surface area contributed by atoms with Gasteiger partial charge in [-0.3, -0.25) is 4.79 Å². The first kappa shape index (κ1) is 14.6. The summed E-state index contributed by atoms with van der Waals surface area (Å²) in [5.41, 5.74) is 0.640. The third-order valence-corrected chi connectivity index (χ3v) is 4.05. The van der Waals surface area contributed by atoms with E-state index in [4.69, 9.17) is 5.11 Å². The predicted molar refractivity (Wildman–Crippen MR) is 83.2 cm³/mol. The second-order valence-corrected chi connectivity index (χ2v) is 6.41. The number of hydrogen-bond donors (Lipinski definition) is 2. The molecular formula is C12H12BrIN2O3. The summed E-state index contributed by atoms with van der Waals surface area (Å²) in [6, 6.07) is 5.23. The van der Waals surface area contributed by atoms with E-state index in [0.717, 1.165) is 20.9 Å². The number of carboxylic acid groups (broad SMARTS) is 1. The van der Waals surface area contributed by atoms with Gasteiger partial charge in [0.1, 0.15) is 6.54 Å². The Morgan fingerprint density at radius 2 is 2.16 bits per heavy atom. The lowest BCUT2D eigenvalue weighted by atomic mass is 10.3. The van der Waals surface area contributed by atoms with Crippen LogP contribution in [0.3, 0.4) is 0 Å². The molecule has 0 unspecified atom stereocenters. The Balaban J connectivity index is 2.07. The van der Waals surface area contributed by atoms with Gasteiger partial charge in [0.05, 0.1) is 5.69 Å². The van der Waals surface area contributed by atoms with Gasteiger partial charge >= 0.3 is 12.0 Å². The van der Waals surface area contributed by atoms with Crippen LogP contribution in [0, 0.1) is 3.57 Å². The third-order valence-electron chi connectivity index (χ3n) is 2.73. The van der Waals surface area contributed by atoms with E-state index in [-0.39, 0.29) is 18.6 Å². The molecule has 0 aliphatic heterocycles. The number of anilines is 1. The lowest BCUT2D eigenvalue weighted by Crippen LogP contribution is -2.40. The van der Waals surface area contributed by atoms with Crippen LogP contribution in [-0.2, 0) is 4.79 Å². The van der Waals surface area contributed by atoms with Gasteiger partial charge in [-0.05, 0) is 69.6 Å². The molecule has 2 rings (SSSR count). The number of aliphatic carboxylic acids is 1.